The fourth-order valence-corrected chi connectivity index (χ4v) is 8.58. The van der Waals surface area contributed by atoms with Crippen molar-refractivity contribution in [3.8, 4) is 45.3 Å². The Bertz CT molecular complexity index is 2880. The first-order chi connectivity index (χ1) is 24.3. The third-order valence-electron chi connectivity index (χ3n) is 9.47. The van der Waals surface area contributed by atoms with E-state index in [1.807, 2.05) is 35.6 Å². The van der Waals surface area contributed by atoms with Gasteiger partial charge in [0.1, 0.15) is 0 Å². The van der Waals surface area contributed by atoms with Crippen LogP contribution in [0, 0.1) is 0 Å². The minimum Gasteiger partial charge on any atom is -0.208 e. The van der Waals surface area contributed by atoms with Crippen LogP contribution < -0.4 is 0 Å². The Labute approximate surface area is 286 Å². The van der Waals surface area contributed by atoms with E-state index in [-0.39, 0.29) is 0 Å². The van der Waals surface area contributed by atoms with Gasteiger partial charge in [-0.15, -0.1) is 11.3 Å². The molecule has 0 atom stereocenters. The molecule has 3 nitrogen and oxygen atoms in total. The van der Waals surface area contributed by atoms with E-state index < -0.39 is 0 Å². The summed E-state index contributed by atoms with van der Waals surface area (Å²) in [7, 11) is 0. The van der Waals surface area contributed by atoms with Gasteiger partial charge in [-0.1, -0.05) is 152 Å². The standard InChI is InChI=1S/C45H27N3S/c1-3-12-28(13-4-1)32-18-11-19-34(26-32)44-46-43(31-16-5-2-6-17-31)47-45(48-44)38-27-33-23-22-29-14-7-9-20-35(29)39(33)42-40(38)37-25-24-30-15-8-10-21-36(30)41(37)49-42/h1-27H. The second kappa shape index (κ2) is 11.2. The van der Waals surface area contributed by atoms with E-state index in [9.17, 15) is 0 Å². The van der Waals surface area contributed by atoms with Crippen LogP contribution in [0.1, 0.15) is 0 Å². The van der Waals surface area contributed by atoms with Gasteiger partial charge in [-0.2, -0.15) is 0 Å². The molecule has 228 valence electrons. The average molecular weight is 642 g/mol. The minimum absolute atomic E-state index is 0.651. The Morgan fingerprint density at radius 1 is 0.327 bits per heavy atom. The van der Waals surface area contributed by atoms with Crippen LogP contribution in [0.5, 0.6) is 0 Å². The van der Waals surface area contributed by atoms with Crippen molar-refractivity contribution in [2.75, 3.05) is 0 Å². The van der Waals surface area contributed by atoms with Crippen LogP contribution in [0.4, 0.5) is 0 Å². The summed E-state index contributed by atoms with van der Waals surface area (Å²) < 4.78 is 2.54. The van der Waals surface area contributed by atoms with Crippen LogP contribution in [0.15, 0.2) is 164 Å². The number of hydrogen-bond acceptors (Lipinski definition) is 4. The lowest BCUT2D eigenvalue weighted by molar-refractivity contribution is 1.08. The molecule has 0 bridgehead atoms. The molecule has 0 N–H and O–H groups in total. The predicted octanol–water partition coefficient (Wildman–Crippen LogP) is 12.4. The van der Waals surface area contributed by atoms with Crippen LogP contribution in [0.3, 0.4) is 0 Å². The van der Waals surface area contributed by atoms with Crippen molar-refractivity contribution in [1.82, 2.24) is 15.0 Å². The van der Waals surface area contributed by atoms with Crippen LogP contribution in [0.25, 0.3) is 97.8 Å². The van der Waals surface area contributed by atoms with Gasteiger partial charge in [-0.3, -0.25) is 0 Å². The third kappa shape index (κ3) is 4.61. The SMILES string of the molecule is c1ccc(-c2cccc(-c3nc(-c4ccccc4)nc(-c4cc5ccc6ccccc6c5c5sc6c7ccccc7ccc6c45)n3)c2)cc1. The predicted molar refractivity (Wildman–Crippen MR) is 207 cm³/mol. The highest BCUT2D eigenvalue weighted by molar-refractivity contribution is 7.27. The maximum absolute atomic E-state index is 5.28. The van der Waals surface area contributed by atoms with Crippen LogP contribution >= 0.6 is 11.3 Å². The topological polar surface area (TPSA) is 38.7 Å². The van der Waals surface area contributed by atoms with Gasteiger partial charge in [0.2, 0.25) is 0 Å². The molecule has 4 heteroatoms. The molecule has 0 unspecified atom stereocenters. The maximum atomic E-state index is 5.28. The number of thiophene rings is 1. The number of nitrogens with zero attached hydrogens (tertiary/aromatic N) is 3. The molecule has 0 aliphatic rings. The molecule has 0 aliphatic heterocycles. The molecule has 2 heterocycles. The third-order valence-corrected chi connectivity index (χ3v) is 10.7. The summed E-state index contributed by atoms with van der Waals surface area (Å²) in [6.07, 6.45) is 0. The van der Waals surface area contributed by atoms with Gasteiger partial charge in [0.15, 0.2) is 17.5 Å². The highest BCUT2D eigenvalue weighted by Crippen LogP contribution is 2.47. The van der Waals surface area contributed by atoms with E-state index in [4.69, 9.17) is 15.0 Å². The van der Waals surface area contributed by atoms with E-state index in [1.54, 1.807) is 0 Å². The summed E-state index contributed by atoms with van der Waals surface area (Å²) in [5.74, 6) is 1.97. The van der Waals surface area contributed by atoms with Gasteiger partial charge in [-0.05, 0) is 50.2 Å². The van der Waals surface area contributed by atoms with E-state index >= 15 is 0 Å². The molecule has 0 saturated carbocycles. The summed E-state index contributed by atoms with van der Waals surface area (Å²) in [5, 5.41) is 9.84. The van der Waals surface area contributed by atoms with Crippen molar-refractivity contribution >= 4 is 63.8 Å². The second-order valence-corrected chi connectivity index (χ2v) is 13.4. The lowest BCUT2D eigenvalue weighted by Gasteiger charge is -2.13. The van der Waals surface area contributed by atoms with E-state index in [1.165, 1.54) is 52.5 Å². The number of rotatable bonds is 4. The second-order valence-electron chi connectivity index (χ2n) is 12.4. The van der Waals surface area contributed by atoms with Crippen molar-refractivity contribution in [3.63, 3.8) is 0 Å². The Morgan fingerprint density at radius 3 is 1.69 bits per heavy atom. The van der Waals surface area contributed by atoms with Gasteiger partial charge >= 0.3 is 0 Å². The number of fused-ring (bicyclic) bond motifs is 9. The normalized spacial score (nSPS) is 11.7. The van der Waals surface area contributed by atoms with Gasteiger partial charge in [0.25, 0.3) is 0 Å². The molecule has 0 spiro atoms. The fraction of sp³-hybridized carbons (Fsp3) is 0. The van der Waals surface area contributed by atoms with Crippen LogP contribution in [0.2, 0.25) is 0 Å². The molecule has 0 fully saturated rings. The van der Waals surface area contributed by atoms with Crippen molar-refractivity contribution < 1.29 is 0 Å². The largest absolute Gasteiger partial charge is 0.208 e. The molecule has 0 radical (unpaired) electrons. The van der Waals surface area contributed by atoms with Crippen molar-refractivity contribution in [1.29, 1.82) is 0 Å². The summed E-state index contributed by atoms with van der Waals surface area (Å²) >= 11 is 1.87. The Kier molecular flexibility index (Phi) is 6.36. The molecule has 49 heavy (non-hydrogen) atoms. The molecule has 10 rings (SSSR count). The van der Waals surface area contributed by atoms with Crippen LogP contribution in [-0.2, 0) is 0 Å². The van der Waals surface area contributed by atoms with Crippen molar-refractivity contribution in [3.05, 3.63) is 164 Å². The maximum Gasteiger partial charge on any atom is 0.164 e. The number of benzene rings is 8. The Balaban J connectivity index is 1.31. The summed E-state index contributed by atoms with van der Waals surface area (Å²) in [6, 6.07) is 57.8. The van der Waals surface area contributed by atoms with Crippen molar-refractivity contribution in [2.45, 2.75) is 0 Å². The molecule has 10 aromatic rings. The molecule has 0 amide bonds. The Morgan fingerprint density at radius 2 is 0.898 bits per heavy atom. The molecule has 0 aliphatic carbocycles. The van der Waals surface area contributed by atoms with Gasteiger partial charge in [0.05, 0.1) is 0 Å². The highest BCUT2D eigenvalue weighted by atomic mass is 32.1. The molecule has 2 aromatic heterocycles. The van der Waals surface area contributed by atoms with Gasteiger partial charge < -0.3 is 0 Å². The van der Waals surface area contributed by atoms with E-state index in [0.29, 0.717) is 17.5 Å². The lowest BCUT2D eigenvalue weighted by Crippen LogP contribution is -2.00. The zero-order valence-corrected chi connectivity index (χ0v) is 27.2. The van der Waals surface area contributed by atoms with E-state index in [0.717, 1.165) is 27.8 Å². The molecular formula is C45H27N3S. The first kappa shape index (κ1) is 27.8. The van der Waals surface area contributed by atoms with Crippen LogP contribution in [-0.4, -0.2) is 15.0 Å². The smallest absolute Gasteiger partial charge is 0.164 e. The average Bonchev–Trinajstić information content (AvgIpc) is 3.58. The van der Waals surface area contributed by atoms with E-state index in [2.05, 4.69) is 140 Å². The first-order valence-electron chi connectivity index (χ1n) is 16.4. The number of aromatic nitrogens is 3. The minimum atomic E-state index is 0.651. The summed E-state index contributed by atoms with van der Waals surface area (Å²) in [5.41, 5.74) is 5.20. The quantitative estimate of drug-likeness (QED) is 0.180. The summed E-state index contributed by atoms with van der Waals surface area (Å²) in [4.78, 5) is 15.6. The number of hydrogen-bond donors (Lipinski definition) is 0. The highest BCUT2D eigenvalue weighted by Gasteiger charge is 2.21. The van der Waals surface area contributed by atoms with Gasteiger partial charge in [0, 0.05) is 42.2 Å². The molecule has 8 aromatic carbocycles. The molecule has 0 saturated heterocycles. The summed E-state index contributed by atoms with van der Waals surface area (Å²) in [6.45, 7) is 0. The zero-order valence-electron chi connectivity index (χ0n) is 26.3. The monoisotopic (exact) mass is 641 g/mol. The fourth-order valence-electron chi connectivity index (χ4n) is 7.15. The first-order valence-corrected chi connectivity index (χ1v) is 17.3. The Hall–Kier alpha value is -6.23. The van der Waals surface area contributed by atoms with Crippen molar-refractivity contribution in [2.24, 2.45) is 0 Å². The van der Waals surface area contributed by atoms with Gasteiger partial charge in [-0.25, -0.2) is 15.0 Å². The zero-order chi connectivity index (χ0) is 32.3. The molecular weight excluding hydrogens is 615 g/mol. The lowest BCUT2D eigenvalue weighted by atomic mass is 9.95.